The number of hydrogen-bond donors (Lipinski definition) is 2. The Hall–Kier alpha value is -1.59. The fourth-order valence-electron chi connectivity index (χ4n) is 3.35. The van der Waals surface area contributed by atoms with Gasteiger partial charge in [0.2, 0.25) is 8.32 Å². The van der Waals surface area contributed by atoms with Crippen LogP contribution in [0.15, 0.2) is 34.9 Å². The normalized spacial score (nSPS) is 15.9. The van der Waals surface area contributed by atoms with Crippen LogP contribution in [0.2, 0.25) is 13.1 Å². The molecule has 1 radical (unpaired) electrons. The predicted molar refractivity (Wildman–Crippen MR) is 123 cm³/mol. The molecule has 1 aliphatic heterocycles. The van der Waals surface area contributed by atoms with Gasteiger partial charge in [0.25, 0.3) is 0 Å². The number of alkyl carbamates (subject to hydrolysis) is 1. The van der Waals surface area contributed by atoms with E-state index in [1.807, 2.05) is 61.5 Å². The lowest BCUT2D eigenvalue weighted by molar-refractivity contribution is 0.0523. The molecule has 0 spiro atoms. The highest BCUT2D eigenvalue weighted by Crippen LogP contribution is 2.28. The first kappa shape index (κ1) is 24.7. The Balaban J connectivity index is 1.84. The van der Waals surface area contributed by atoms with Gasteiger partial charge in [-0.3, -0.25) is 4.79 Å². The van der Waals surface area contributed by atoms with Gasteiger partial charge in [-0.25, -0.2) is 4.79 Å². The zero-order valence-corrected chi connectivity index (χ0v) is 20.9. The molecule has 1 aromatic rings. The Bertz CT molecular complexity index is 763. The summed E-state index contributed by atoms with van der Waals surface area (Å²) in [5, 5.41) is 2.81. The van der Waals surface area contributed by atoms with Crippen LogP contribution in [-0.2, 0) is 11.3 Å². The van der Waals surface area contributed by atoms with E-state index in [0.29, 0.717) is 12.5 Å². The minimum Gasteiger partial charge on any atom is -0.444 e. The fraction of sp³-hybridized carbons (Fsp3) is 0.545. The van der Waals surface area contributed by atoms with E-state index in [1.165, 1.54) is 5.56 Å². The molecule has 0 aromatic heterocycles. The Kier molecular flexibility index (Phi) is 8.74. The fourth-order valence-corrected chi connectivity index (χ4v) is 6.25. The van der Waals surface area contributed by atoms with Gasteiger partial charge in [-0.2, -0.15) is 0 Å². The van der Waals surface area contributed by atoms with Crippen molar-refractivity contribution in [3.05, 3.63) is 46.0 Å². The molecule has 0 unspecified atom stereocenters. The zero-order chi connectivity index (χ0) is 22.4. The van der Waals surface area contributed by atoms with E-state index in [4.69, 9.17) is 4.74 Å². The van der Waals surface area contributed by atoms with E-state index in [1.54, 1.807) is 0 Å². The van der Waals surface area contributed by atoms with Crippen molar-refractivity contribution in [2.75, 3.05) is 13.1 Å². The summed E-state index contributed by atoms with van der Waals surface area (Å²) in [6.07, 6.45) is 1.47. The van der Waals surface area contributed by atoms with Gasteiger partial charge in [-0.15, -0.1) is 4.94 Å². The topological polar surface area (TPSA) is 78.9 Å². The standard InChI is InChI=1S/C18H25N2O3.C4H9OSi.Al/c1-18(2,3)23-17(22)19-12-14-5-4-6-16(11-14)15-7-9-20(13-21)10-8-15;1-4-6(2,3)5;/h4-6,11,15H,7-10,12H2,1-3H3,(H,19,22);1,4-5H,2-3H3;. The summed E-state index contributed by atoms with van der Waals surface area (Å²) in [7, 11) is -2.22. The monoisotopic (exact) mass is 445 g/mol. The van der Waals surface area contributed by atoms with Crippen LogP contribution in [0, 0.1) is 0 Å². The molecule has 1 fully saturated rings. The molecular weight excluding hydrogens is 411 g/mol. The molecule has 1 aromatic carbocycles. The van der Waals surface area contributed by atoms with Crippen molar-refractivity contribution in [3.8, 4) is 0 Å². The van der Waals surface area contributed by atoms with Crippen LogP contribution in [0.3, 0.4) is 0 Å². The van der Waals surface area contributed by atoms with E-state index in [-0.39, 0.29) is 4.77 Å². The summed E-state index contributed by atoms with van der Waals surface area (Å²) in [5.74, 6) is 0.421. The summed E-state index contributed by atoms with van der Waals surface area (Å²) in [5.41, 5.74) is 3.63. The molecule has 0 atom stereocenters. The van der Waals surface area contributed by atoms with Crippen molar-refractivity contribution >= 4 is 34.4 Å². The quantitative estimate of drug-likeness (QED) is 0.650. The van der Waals surface area contributed by atoms with Crippen LogP contribution in [0.1, 0.15) is 50.7 Å². The minimum absolute atomic E-state index is 0.207. The molecule has 1 saturated heterocycles. The van der Waals surface area contributed by atoms with Gasteiger partial charge in [0, 0.05) is 19.6 Å². The van der Waals surface area contributed by atoms with Crippen molar-refractivity contribution in [1.82, 2.24) is 10.2 Å². The first-order valence-corrected chi connectivity index (χ1v) is 14.8. The maximum atomic E-state index is 12.4. The van der Waals surface area contributed by atoms with Crippen molar-refractivity contribution in [2.45, 2.75) is 64.8 Å². The molecule has 0 saturated carbocycles. The van der Waals surface area contributed by atoms with E-state index >= 15 is 0 Å². The number of benzene rings is 1. The lowest BCUT2D eigenvalue weighted by Gasteiger charge is -2.33. The van der Waals surface area contributed by atoms with Gasteiger partial charge in [0.15, 0.2) is 0 Å². The van der Waals surface area contributed by atoms with Gasteiger partial charge in [-0.1, -0.05) is 30.0 Å². The van der Waals surface area contributed by atoms with Gasteiger partial charge >= 0.3 is 21.3 Å². The third-order valence-electron chi connectivity index (χ3n) is 4.81. The van der Waals surface area contributed by atoms with E-state index < -0.39 is 35.2 Å². The third-order valence-corrected chi connectivity index (χ3v) is 7.24. The first-order chi connectivity index (χ1) is 13.9. The van der Waals surface area contributed by atoms with Crippen molar-refractivity contribution in [3.63, 3.8) is 0 Å². The second-order valence-corrected chi connectivity index (χ2v) is 14.2. The van der Waals surface area contributed by atoms with E-state index in [9.17, 15) is 14.4 Å². The lowest BCUT2D eigenvalue weighted by atomic mass is 9.89. The lowest BCUT2D eigenvalue weighted by Crippen LogP contribution is -2.39. The number of rotatable bonds is 6. The number of hydrogen-bond acceptors (Lipinski definition) is 4. The maximum absolute atomic E-state index is 12.4. The summed E-state index contributed by atoms with van der Waals surface area (Å²) in [4.78, 5) is 38.0. The number of amides is 2. The Morgan fingerprint density at radius 3 is 2.57 bits per heavy atom. The van der Waals surface area contributed by atoms with E-state index in [0.717, 1.165) is 31.5 Å². The van der Waals surface area contributed by atoms with Crippen LogP contribution in [-0.4, -0.2) is 62.8 Å². The largest absolute Gasteiger partial charge is 0.444 e. The van der Waals surface area contributed by atoms with Crippen LogP contribution < -0.4 is 5.32 Å². The Labute approximate surface area is 187 Å². The van der Waals surface area contributed by atoms with Crippen LogP contribution in [0.4, 0.5) is 9.59 Å². The highest BCUT2D eigenvalue weighted by atomic mass is 28.4. The number of nitrogens with zero attached hydrogens (tertiary/aromatic N) is 1. The zero-order valence-electron chi connectivity index (χ0n) is 18.8. The Morgan fingerprint density at radius 1 is 1.30 bits per heavy atom. The van der Waals surface area contributed by atoms with Crippen molar-refractivity contribution in [1.29, 1.82) is 0 Å². The smallest absolute Gasteiger partial charge is 0.407 e. The maximum Gasteiger partial charge on any atom is 0.407 e. The molecule has 8 heteroatoms. The number of nitrogens with one attached hydrogen (secondary N) is 1. The van der Waals surface area contributed by atoms with Gasteiger partial charge < -0.3 is 19.7 Å². The van der Waals surface area contributed by atoms with Crippen LogP contribution in [0.5, 0.6) is 0 Å². The average Bonchev–Trinajstić information content (AvgIpc) is 2.64. The minimum atomic E-state index is -2.22. The molecule has 6 nitrogen and oxygen atoms in total. The Morgan fingerprint density at radius 2 is 1.97 bits per heavy atom. The molecule has 0 bridgehead atoms. The van der Waals surface area contributed by atoms with Crippen molar-refractivity contribution < 1.29 is 19.1 Å². The highest BCUT2D eigenvalue weighted by Gasteiger charge is 2.24. The van der Waals surface area contributed by atoms with Crippen LogP contribution >= 0.6 is 0 Å². The molecule has 2 amide bonds. The molecule has 1 heterocycles. The molecule has 0 aliphatic carbocycles. The number of likely N-dealkylation sites (tertiary alicyclic amines) is 1. The number of carbonyl (C=O) groups is 2. The average molecular weight is 446 g/mol. The summed E-state index contributed by atoms with van der Waals surface area (Å²) < 4.78 is 5.49. The SMILES string of the molecule is CC(C)(C)OC(=O)NCc1cccc(C2CCN([C](=O)[Al]/[CH]=C/[Si](C)(C)O)CC2)c1. The second kappa shape index (κ2) is 10.6. The van der Waals surface area contributed by atoms with Gasteiger partial charge in [-0.05, 0) is 63.8 Å². The number of ether oxygens (including phenoxy) is 1. The summed E-state index contributed by atoms with van der Waals surface area (Å²) in [6.45, 7) is 11.2. The first-order valence-electron chi connectivity index (χ1n) is 10.5. The van der Waals surface area contributed by atoms with Gasteiger partial charge in [0.05, 0.1) is 0 Å². The molecule has 2 rings (SSSR count). The third kappa shape index (κ3) is 9.05. The van der Waals surface area contributed by atoms with Crippen molar-refractivity contribution in [2.24, 2.45) is 0 Å². The molecule has 1 aliphatic rings. The second-order valence-electron chi connectivity index (χ2n) is 9.38. The molecule has 163 valence electrons. The van der Waals surface area contributed by atoms with E-state index in [2.05, 4.69) is 17.4 Å². The van der Waals surface area contributed by atoms with Gasteiger partial charge in [0.1, 0.15) is 10.4 Å². The number of carbonyl (C=O) groups excluding carboxylic acids is 2. The molecule has 30 heavy (non-hydrogen) atoms. The number of piperidine rings is 1. The van der Waals surface area contributed by atoms with Crippen LogP contribution in [0.25, 0.3) is 0 Å². The molecule has 2 N–H and O–H groups in total. The summed E-state index contributed by atoms with van der Waals surface area (Å²) >= 11 is -0.442. The highest BCUT2D eigenvalue weighted by molar-refractivity contribution is 6.81. The predicted octanol–water partition coefficient (Wildman–Crippen LogP) is 3.97. The summed E-state index contributed by atoms with van der Waals surface area (Å²) in [6, 6.07) is 8.29. The molecular formula is C22H34AlN2O4Si.